The molecule has 0 spiro atoms. The lowest BCUT2D eigenvalue weighted by atomic mass is 10.2. The maximum atomic E-state index is 5.00. The van der Waals surface area contributed by atoms with E-state index in [0.29, 0.717) is 6.61 Å². The molecule has 0 saturated carbocycles. The van der Waals surface area contributed by atoms with Gasteiger partial charge < -0.3 is 9.46 Å². The van der Waals surface area contributed by atoms with Gasteiger partial charge in [0.1, 0.15) is 0 Å². The minimum atomic E-state index is 0.615. The molecule has 0 saturated heterocycles. The first kappa shape index (κ1) is 8.43. The van der Waals surface area contributed by atoms with Crippen molar-refractivity contribution in [1.82, 2.24) is 0 Å². The third-order valence-corrected chi connectivity index (χ3v) is 1.68. The first-order valence-corrected chi connectivity index (χ1v) is 3.80. The fraction of sp³-hybridized carbons (Fsp3) is 0.250. The molecule has 0 aromatic heterocycles. The summed E-state index contributed by atoms with van der Waals surface area (Å²) in [5.74, 6) is 0. The van der Waals surface area contributed by atoms with Gasteiger partial charge in [0.2, 0.25) is 0 Å². The van der Waals surface area contributed by atoms with Crippen molar-refractivity contribution in [2.75, 3.05) is 11.8 Å². The predicted octanol–water partition coefficient (Wildman–Crippen LogP) is 2.09. The Balaban J connectivity index is 2.83. The maximum absolute atomic E-state index is 5.00. The topological polar surface area (TPSA) is 21.3 Å². The van der Waals surface area contributed by atoms with Gasteiger partial charge in [-0.15, -0.1) is 0 Å². The van der Waals surface area contributed by atoms with Crippen LogP contribution in [-0.4, -0.2) is 7.11 Å². The van der Waals surface area contributed by atoms with E-state index in [1.807, 2.05) is 24.3 Å². The van der Waals surface area contributed by atoms with Crippen LogP contribution in [0.25, 0.3) is 0 Å². The van der Waals surface area contributed by atoms with Gasteiger partial charge in [0, 0.05) is 18.4 Å². The number of benzene rings is 1. The molecule has 0 unspecified atom stereocenters. The highest BCUT2D eigenvalue weighted by Gasteiger charge is 1.96. The Hall–Kier alpha value is -0.670. The number of anilines is 1. The number of methoxy groups -OCH3 is 1. The van der Waals surface area contributed by atoms with Gasteiger partial charge in [0.05, 0.1) is 6.61 Å². The Bertz CT molecular complexity index is 227. The summed E-state index contributed by atoms with van der Waals surface area (Å²) in [6.45, 7) is 0.615. The van der Waals surface area contributed by atoms with E-state index in [9.17, 15) is 0 Å². The molecular formula is C8H11NOS. The number of rotatable bonds is 3. The summed E-state index contributed by atoms with van der Waals surface area (Å²) in [6, 6.07) is 7.89. The van der Waals surface area contributed by atoms with Crippen molar-refractivity contribution in [1.29, 1.82) is 0 Å². The van der Waals surface area contributed by atoms with Gasteiger partial charge in [-0.25, -0.2) is 0 Å². The van der Waals surface area contributed by atoms with Crippen molar-refractivity contribution in [3.8, 4) is 0 Å². The third-order valence-electron chi connectivity index (χ3n) is 1.44. The van der Waals surface area contributed by atoms with Gasteiger partial charge in [-0.3, -0.25) is 0 Å². The first-order valence-electron chi connectivity index (χ1n) is 3.35. The van der Waals surface area contributed by atoms with Gasteiger partial charge in [0.25, 0.3) is 0 Å². The van der Waals surface area contributed by atoms with Gasteiger partial charge in [-0.1, -0.05) is 31.0 Å². The summed E-state index contributed by atoms with van der Waals surface area (Å²) in [6.07, 6.45) is 0. The van der Waals surface area contributed by atoms with Gasteiger partial charge in [-0.2, -0.15) is 0 Å². The Morgan fingerprint density at radius 1 is 1.45 bits per heavy atom. The van der Waals surface area contributed by atoms with Crippen LogP contribution in [-0.2, 0) is 11.3 Å². The van der Waals surface area contributed by atoms with Crippen molar-refractivity contribution in [3.05, 3.63) is 29.8 Å². The Labute approximate surface area is 72.1 Å². The molecule has 60 valence electrons. The highest BCUT2D eigenvalue weighted by molar-refractivity contribution is 7.81. The number of ether oxygens (including phenoxy) is 1. The average molecular weight is 169 g/mol. The zero-order valence-corrected chi connectivity index (χ0v) is 7.27. The molecule has 0 heterocycles. The van der Waals surface area contributed by atoms with E-state index in [1.54, 1.807) is 7.11 Å². The molecule has 0 amide bonds. The molecule has 0 fully saturated rings. The van der Waals surface area contributed by atoms with Crippen LogP contribution in [0, 0.1) is 0 Å². The average Bonchev–Trinajstić information content (AvgIpc) is 2.06. The minimum absolute atomic E-state index is 0.615. The van der Waals surface area contributed by atoms with E-state index in [2.05, 4.69) is 17.5 Å². The predicted molar refractivity (Wildman–Crippen MR) is 49.8 cm³/mol. The van der Waals surface area contributed by atoms with Crippen LogP contribution in [0.15, 0.2) is 24.3 Å². The second-order valence-electron chi connectivity index (χ2n) is 2.20. The largest absolute Gasteiger partial charge is 0.380 e. The minimum Gasteiger partial charge on any atom is -0.380 e. The zero-order chi connectivity index (χ0) is 8.10. The molecule has 0 bridgehead atoms. The van der Waals surface area contributed by atoms with Crippen molar-refractivity contribution in [3.63, 3.8) is 0 Å². The van der Waals surface area contributed by atoms with E-state index in [4.69, 9.17) is 4.74 Å². The molecule has 1 rings (SSSR count). The third kappa shape index (κ3) is 2.13. The molecule has 0 aliphatic carbocycles. The summed E-state index contributed by atoms with van der Waals surface area (Å²) < 4.78 is 7.79. The lowest BCUT2D eigenvalue weighted by molar-refractivity contribution is 0.185. The molecule has 0 aliphatic heterocycles. The summed E-state index contributed by atoms with van der Waals surface area (Å²) >= 11 is 3.97. The maximum Gasteiger partial charge on any atom is 0.0733 e. The number of thiol groups is 1. The number of hydrogen-bond donors (Lipinski definition) is 2. The van der Waals surface area contributed by atoms with Crippen molar-refractivity contribution < 1.29 is 4.74 Å². The second kappa shape index (κ2) is 4.26. The molecule has 3 heteroatoms. The molecule has 1 aromatic carbocycles. The van der Waals surface area contributed by atoms with Crippen molar-refractivity contribution >= 4 is 18.5 Å². The highest BCUT2D eigenvalue weighted by atomic mass is 32.1. The van der Waals surface area contributed by atoms with Crippen LogP contribution in [0.3, 0.4) is 0 Å². The molecule has 0 atom stereocenters. The van der Waals surface area contributed by atoms with Crippen molar-refractivity contribution in [2.45, 2.75) is 6.61 Å². The summed E-state index contributed by atoms with van der Waals surface area (Å²) in [4.78, 5) is 0. The lowest BCUT2D eigenvalue weighted by Gasteiger charge is -2.05. The Morgan fingerprint density at radius 2 is 2.18 bits per heavy atom. The standard InChI is InChI=1S/C8H11NOS/c1-10-6-7-4-2-3-5-8(7)9-11/h2-5,9,11H,6H2,1H3. The summed E-state index contributed by atoms with van der Waals surface area (Å²) in [5.41, 5.74) is 2.11. The van der Waals surface area contributed by atoms with Crippen LogP contribution in [0.4, 0.5) is 5.69 Å². The lowest BCUT2D eigenvalue weighted by Crippen LogP contribution is -1.92. The quantitative estimate of drug-likeness (QED) is 0.676. The van der Waals surface area contributed by atoms with Crippen LogP contribution in [0.5, 0.6) is 0 Å². The first-order chi connectivity index (χ1) is 5.38. The number of para-hydroxylation sites is 1. The molecule has 1 aromatic rings. The number of nitrogens with one attached hydrogen (secondary N) is 1. The fourth-order valence-electron chi connectivity index (χ4n) is 0.911. The zero-order valence-electron chi connectivity index (χ0n) is 6.37. The fourth-order valence-corrected chi connectivity index (χ4v) is 1.13. The van der Waals surface area contributed by atoms with E-state index in [-0.39, 0.29) is 0 Å². The summed E-state index contributed by atoms with van der Waals surface area (Å²) in [5, 5.41) is 0. The molecule has 2 nitrogen and oxygen atoms in total. The highest BCUT2D eigenvalue weighted by Crippen LogP contribution is 2.15. The molecule has 0 aliphatic rings. The van der Waals surface area contributed by atoms with Gasteiger partial charge in [0.15, 0.2) is 0 Å². The van der Waals surface area contributed by atoms with Gasteiger partial charge >= 0.3 is 0 Å². The smallest absolute Gasteiger partial charge is 0.0733 e. The van der Waals surface area contributed by atoms with Crippen LogP contribution >= 0.6 is 12.8 Å². The van der Waals surface area contributed by atoms with E-state index in [0.717, 1.165) is 11.3 Å². The SMILES string of the molecule is COCc1ccccc1NS. The molecular weight excluding hydrogens is 158 g/mol. The normalized spacial score (nSPS) is 9.64. The van der Waals surface area contributed by atoms with Crippen LogP contribution in [0.1, 0.15) is 5.56 Å². The molecule has 1 N–H and O–H groups in total. The van der Waals surface area contributed by atoms with E-state index < -0.39 is 0 Å². The van der Waals surface area contributed by atoms with E-state index in [1.165, 1.54) is 0 Å². The van der Waals surface area contributed by atoms with Gasteiger partial charge in [-0.05, 0) is 6.07 Å². The van der Waals surface area contributed by atoms with Crippen LogP contribution in [0.2, 0.25) is 0 Å². The number of hydrogen-bond acceptors (Lipinski definition) is 3. The molecule has 0 radical (unpaired) electrons. The van der Waals surface area contributed by atoms with E-state index >= 15 is 0 Å². The molecule has 11 heavy (non-hydrogen) atoms. The summed E-state index contributed by atoms with van der Waals surface area (Å²) in [7, 11) is 1.68. The monoisotopic (exact) mass is 169 g/mol. The van der Waals surface area contributed by atoms with Crippen LogP contribution < -0.4 is 4.72 Å². The Kier molecular flexibility index (Phi) is 3.26. The van der Waals surface area contributed by atoms with Crippen molar-refractivity contribution in [2.24, 2.45) is 0 Å². The Morgan fingerprint density at radius 3 is 2.82 bits per heavy atom. The second-order valence-corrected chi connectivity index (χ2v) is 2.43.